The number of alkyl halides is 3. The van der Waals surface area contributed by atoms with E-state index in [1.807, 2.05) is 31.2 Å². The summed E-state index contributed by atoms with van der Waals surface area (Å²) in [5.41, 5.74) is 1.13. The van der Waals surface area contributed by atoms with Gasteiger partial charge in [-0.1, -0.05) is 28.1 Å². The molecule has 0 aliphatic carbocycles. The molecule has 1 aromatic rings. The summed E-state index contributed by atoms with van der Waals surface area (Å²) < 4.78 is 36.8. The maximum atomic E-state index is 11.9. The third-order valence-electron chi connectivity index (χ3n) is 2.71. The van der Waals surface area contributed by atoms with Crippen molar-refractivity contribution in [3.05, 3.63) is 34.3 Å². The van der Waals surface area contributed by atoms with Crippen LogP contribution in [0.15, 0.2) is 28.7 Å². The largest absolute Gasteiger partial charge is 0.389 e. The van der Waals surface area contributed by atoms with Crippen molar-refractivity contribution in [1.29, 1.82) is 0 Å². The van der Waals surface area contributed by atoms with Crippen LogP contribution in [-0.4, -0.2) is 12.7 Å². The second kappa shape index (κ2) is 7.14. The fourth-order valence-corrected chi connectivity index (χ4v) is 1.90. The summed E-state index contributed by atoms with van der Waals surface area (Å²) in [6, 6.07) is 8.06. The van der Waals surface area contributed by atoms with Crippen LogP contribution in [0.5, 0.6) is 0 Å². The van der Waals surface area contributed by atoms with Gasteiger partial charge in [0.15, 0.2) is 0 Å². The van der Waals surface area contributed by atoms with Crippen molar-refractivity contribution in [2.75, 3.05) is 6.54 Å². The Morgan fingerprint density at radius 1 is 1.17 bits per heavy atom. The maximum Gasteiger partial charge on any atom is 0.389 e. The molecule has 0 radical (unpaired) electrons. The Kier molecular flexibility index (Phi) is 6.15. The van der Waals surface area contributed by atoms with Crippen molar-refractivity contribution in [3.8, 4) is 0 Å². The molecule has 1 unspecified atom stereocenters. The minimum absolute atomic E-state index is 0.156. The molecule has 1 nitrogen and oxygen atoms in total. The van der Waals surface area contributed by atoms with Gasteiger partial charge in [0.05, 0.1) is 0 Å². The van der Waals surface area contributed by atoms with E-state index in [-0.39, 0.29) is 12.5 Å². The van der Waals surface area contributed by atoms with Crippen molar-refractivity contribution in [1.82, 2.24) is 5.32 Å². The van der Waals surface area contributed by atoms with Crippen LogP contribution in [0.2, 0.25) is 0 Å². The maximum absolute atomic E-state index is 11.9. The molecular weight excluding hydrogens is 307 g/mol. The summed E-state index contributed by atoms with van der Waals surface area (Å²) in [6.07, 6.45) is -4.00. The molecular formula is C13H17BrF3N. The number of rotatable bonds is 6. The van der Waals surface area contributed by atoms with Crippen LogP contribution in [-0.2, 0) is 0 Å². The number of hydrogen-bond donors (Lipinski definition) is 1. The summed E-state index contributed by atoms with van der Waals surface area (Å²) in [5.74, 6) is 0. The van der Waals surface area contributed by atoms with Gasteiger partial charge in [0, 0.05) is 16.9 Å². The van der Waals surface area contributed by atoms with Gasteiger partial charge in [-0.05, 0) is 44.0 Å². The average molecular weight is 324 g/mol. The Labute approximate surface area is 114 Å². The Balaban J connectivity index is 2.21. The minimum Gasteiger partial charge on any atom is -0.310 e. The van der Waals surface area contributed by atoms with E-state index in [9.17, 15) is 13.2 Å². The Hall–Kier alpha value is -0.550. The third kappa shape index (κ3) is 6.40. The van der Waals surface area contributed by atoms with Crippen molar-refractivity contribution in [2.45, 2.75) is 38.4 Å². The van der Waals surface area contributed by atoms with E-state index < -0.39 is 12.6 Å². The number of halogens is 4. The highest BCUT2D eigenvalue weighted by molar-refractivity contribution is 9.10. The SMILES string of the molecule is CC(NCCCCC(F)(F)F)c1ccc(Br)cc1. The number of hydrogen-bond acceptors (Lipinski definition) is 1. The van der Waals surface area contributed by atoms with Crippen molar-refractivity contribution in [2.24, 2.45) is 0 Å². The van der Waals surface area contributed by atoms with Crippen LogP contribution in [0.25, 0.3) is 0 Å². The highest BCUT2D eigenvalue weighted by Gasteiger charge is 2.25. The van der Waals surface area contributed by atoms with Gasteiger partial charge in [-0.3, -0.25) is 0 Å². The smallest absolute Gasteiger partial charge is 0.310 e. The minimum atomic E-state index is -4.03. The molecule has 0 aromatic heterocycles. The molecule has 0 spiro atoms. The van der Waals surface area contributed by atoms with Gasteiger partial charge >= 0.3 is 6.18 Å². The molecule has 1 rings (SSSR count). The van der Waals surface area contributed by atoms with Gasteiger partial charge in [-0.15, -0.1) is 0 Å². The van der Waals surface area contributed by atoms with Gasteiger partial charge in [0.25, 0.3) is 0 Å². The summed E-state index contributed by atoms with van der Waals surface area (Å²) >= 11 is 3.36. The van der Waals surface area contributed by atoms with E-state index in [2.05, 4.69) is 21.2 Å². The van der Waals surface area contributed by atoms with E-state index in [1.165, 1.54) is 0 Å². The molecule has 0 fully saturated rings. The summed E-state index contributed by atoms with van der Waals surface area (Å²) in [5, 5.41) is 3.22. The number of unbranched alkanes of at least 4 members (excludes halogenated alkanes) is 1. The Morgan fingerprint density at radius 2 is 1.78 bits per heavy atom. The average Bonchev–Trinajstić information content (AvgIpc) is 2.27. The van der Waals surface area contributed by atoms with Crippen molar-refractivity contribution >= 4 is 15.9 Å². The summed E-state index contributed by atoms with van der Waals surface area (Å²) in [7, 11) is 0. The van der Waals surface area contributed by atoms with Crippen LogP contribution >= 0.6 is 15.9 Å². The molecule has 18 heavy (non-hydrogen) atoms. The van der Waals surface area contributed by atoms with Crippen LogP contribution in [0.1, 0.15) is 37.8 Å². The third-order valence-corrected chi connectivity index (χ3v) is 3.24. The molecule has 0 amide bonds. The second-order valence-electron chi connectivity index (χ2n) is 4.30. The molecule has 102 valence electrons. The zero-order valence-corrected chi connectivity index (χ0v) is 11.8. The standard InChI is InChI=1S/C13H17BrF3N/c1-10(11-4-6-12(14)7-5-11)18-9-3-2-8-13(15,16)17/h4-7,10,18H,2-3,8-9H2,1H3. The molecule has 1 N–H and O–H groups in total. The predicted octanol–water partition coefficient (Wildman–Crippen LogP) is 4.83. The second-order valence-corrected chi connectivity index (χ2v) is 5.22. The molecule has 0 saturated heterocycles. The molecule has 0 saturated carbocycles. The van der Waals surface area contributed by atoms with E-state index >= 15 is 0 Å². The molecule has 0 heterocycles. The highest BCUT2D eigenvalue weighted by Crippen LogP contribution is 2.22. The van der Waals surface area contributed by atoms with Crippen LogP contribution in [0.3, 0.4) is 0 Å². The molecule has 1 atom stereocenters. The van der Waals surface area contributed by atoms with Crippen LogP contribution in [0, 0.1) is 0 Å². The number of nitrogens with one attached hydrogen (secondary N) is 1. The summed E-state index contributed by atoms with van der Waals surface area (Å²) in [4.78, 5) is 0. The van der Waals surface area contributed by atoms with Gasteiger partial charge in [-0.25, -0.2) is 0 Å². The molecule has 5 heteroatoms. The lowest BCUT2D eigenvalue weighted by Gasteiger charge is -2.14. The van der Waals surface area contributed by atoms with Crippen LogP contribution in [0.4, 0.5) is 13.2 Å². The quantitative estimate of drug-likeness (QED) is 0.739. The van der Waals surface area contributed by atoms with Gasteiger partial charge in [0.2, 0.25) is 0 Å². The van der Waals surface area contributed by atoms with Crippen LogP contribution < -0.4 is 5.32 Å². The van der Waals surface area contributed by atoms with E-state index in [0.29, 0.717) is 13.0 Å². The predicted molar refractivity (Wildman–Crippen MR) is 70.5 cm³/mol. The van der Waals surface area contributed by atoms with Gasteiger partial charge in [0.1, 0.15) is 0 Å². The Bertz CT molecular complexity index is 348. The lowest BCUT2D eigenvalue weighted by atomic mass is 10.1. The van der Waals surface area contributed by atoms with Gasteiger partial charge in [-0.2, -0.15) is 13.2 Å². The fraction of sp³-hybridized carbons (Fsp3) is 0.538. The summed E-state index contributed by atoms with van der Waals surface area (Å²) in [6.45, 7) is 2.61. The lowest BCUT2D eigenvalue weighted by molar-refractivity contribution is -0.135. The molecule has 0 aliphatic rings. The van der Waals surface area contributed by atoms with Crippen molar-refractivity contribution < 1.29 is 13.2 Å². The first-order chi connectivity index (χ1) is 8.38. The lowest BCUT2D eigenvalue weighted by Crippen LogP contribution is -2.20. The van der Waals surface area contributed by atoms with Gasteiger partial charge < -0.3 is 5.32 Å². The number of benzene rings is 1. The zero-order valence-electron chi connectivity index (χ0n) is 10.2. The zero-order chi connectivity index (χ0) is 13.6. The first-order valence-electron chi connectivity index (χ1n) is 5.94. The van der Waals surface area contributed by atoms with E-state index in [0.717, 1.165) is 10.0 Å². The first-order valence-corrected chi connectivity index (χ1v) is 6.73. The fourth-order valence-electron chi connectivity index (χ4n) is 1.64. The van der Waals surface area contributed by atoms with Crippen molar-refractivity contribution in [3.63, 3.8) is 0 Å². The Morgan fingerprint density at radius 3 is 2.33 bits per heavy atom. The van der Waals surface area contributed by atoms with E-state index in [1.54, 1.807) is 0 Å². The monoisotopic (exact) mass is 323 g/mol. The molecule has 1 aromatic carbocycles. The first kappa shape index (κ1) is 15.5. The molecule has 0 bridgehead atoms. The topological polar surface area (TPSA) is 12.0 Å². The van der Waals surface area contributed by atoms with E-state index in [4.69, 9.17) is 0 Å². The normalized spacial score (nSPS) is 13.6. The molecule has 0 aliphatic heterocycles. The highest BCUT2D eigenvalue weighted by atomic mass is 79.9.